The van der Waals surface area contributed by atoms with Crippen molar-refractivity contribution in [3.8, 4) is 0 Å². The molecule has 0 radical (unpaired) electrons. The summed E-state index contributed by atoms with van der Waals surface area (Å²) in [7, 11) is 0. The molecule has 1 aromatic rings. The molecule has 27 heavy (non-hydrogen) atoms. The Hall–Kier alpha value is -1.28. The van der Waals surface area contributed by atoms with Crippen LogP contribution < -0.4 is 16.0 Å². The number of carbonyl (C=O) groups is 2. The van der Waals surface area contributed by atoms with E-state index >= 15 is 0 Å². The number of alkyl halides is 3. The molecule has 0 aliphatic heterocycles. The van der Waals surface area contributed by atoms with E-state index in [1.165, 1.54) is 6.07 Å². The molecule has 1 unspecified atom stereocenters. The average molecular weight is 455 g/mol. The van der Waals surface area contributed by atoms with Crippen LogP contribution in [0.1, 0.15) is 49.4 Å². The van der Waals surface area contributed by atoms with E-state index in [1.54, 1.807) is 18.2 Å². The van der Waals surface area contributed by atoms with Crippen molar-refractivity contribution >= 4 is 69.7 Å². The van der Waals surface area contributed by atoms with E-state index < -0.39 is 15.9 Å². The zero-order chi connectivity index (χ0) is 20.4. The summed E-state index contributed by atoms with van der Waals surface area (Å²) in [4.78, 5) is 23.3. The molecule has 0 saturated heterocycles. The number of hydrogen-bond donors (Lipinski definition) is 4. The van der Waals surface area contributed by atoms with E-state index in [-0.39, 0.29) is 22.3 Å². The second-order valence-electron chi connectivity index (χ2n) is 5.80. The standard InChI is InChI=1S/C17H22Cl3N3O3S/c1-2-3-4-5-10-13(24)22-15(17(18,19)20)23-16(27)21-12-9-7-6-8-11(12)14(25)26/h6-9,15H,2-5,10H2,1H3,(H,22,24)(H,25,26)(H2,21,23,27). The highest BCUT2D eigenvalue weighted by Gasteiger charge is 2.34. The second kappa shape index (κ2) is 11.5. The number of amides is 1. The highest BCUT2D eigenvalue weighted by molar-refractivity contribution is 7.80. The molecule has 0 fully saturated rings. The zero-order valence-corrected chi connectivity index (χ0v) is 17.8. The van der Waals surface area contributed by atoms with Gasteiger partial charge in [-0.15, -0.1) is 0 Å². The van der Waals surface area contributed by atoms with E-state index in [9.17, 15) is 14.7 Å². The van der Waals surface area contributed by atoms with Gasteiger partial charge in [-0.05, 0) is 30.8 Å². The molecule has 0 bridgehead atoms. The van der Waals surface area contributed by atoms with Crippen LogP contribution in [0.5, 0.6) is 0 Å². The Bertz CT molecular complexity index is 668. The zero-order valence-electron chi connectivity index (χ0n) is 14.7. The van der Waals surface area contributed by atoms with Gasteiger partial charge in [-0.3, -0.25) is 4.79 Å². The molecular formula is C17H22Cl3N3O3S. The van der Waals surface area contributed by atoms with Crippen LogP contribution in [0.4, 0.5) is 5.69 Å². The number of rotatable bonds is 9. The van der Waals surface area contributed by atoms with E-state index in [0.29, 0.717) is 6.42 Å². The minimum atomic E-state index is -1.86. The van der Waals surface area contributed by atoms with Crippen LogP contribution >= 0.6 is 47.0 Å². The van der Waals surface area contributed by atoms with Crippen LogP contribution in [0, 0.1) is 0 Å². The van der Waals surface area contributed by atoms with Gasteiger partial charge in [0.15, 0.2) is 5.11 Å². The summed E-state index contributed by atoms with van der Waals surface area (Å²) in [6.07, 6.45) is 3.02. The topological polar surface area (TPSA) is 90.5 Å². The molecule has 10 heteroatoms. The van der Waals surface area contributed by atoms with Crippen LogP contribution in [-0.2, 0) is 4.79 Å². The van der Waals surface area contributed by atoms with Crippen molar-refractivity contribution < 1.29 is 14.7 Å². The van der Waals surface area contributed by atoms with Crippen molar-refractivity contribution in [3.63, 3.8) is 0 Å². The number of carboxylic acids is 1. The minimum absolute atomic E-state index is 0.00584. The molecular weight excluding hydrogens is 433 g/mol. The first kappa shape index (κ1) is 23.8. The third kappa shape index (κ3) is 8.97. The normalized spacial score (nSPS) is 12.1. The maximum absolute atomic E-state index is 12.1. The van der Waals surface area contributed by atoms with E-state index in [4.69, 9.17) is 47.0 Å². The van der Waals surface area contributed by atoms with Gasteiger partial charge in [0.1, 0.15) is 6.17 Å². The van der Waals surface area contributed by atoms with E-state index in [1.807, 2.05) is 0 Å². The number of anilines is 1. The van der Waals surface area contributed by atoms with Gasteiger partial charge in [-0.2, -0.15) is 0 Å². The van der Waals surface area contributed by atoms with Gasteiger partial charge in [0, 0.05) is 6.42 Å². The summed E-state index contributed by atoms with van der Waals surface area (Å²) in [6, 6.07) is 6.22. The summed E-state index contributed by atoms with van der Waals surface area (Å²) in [6.45, 7) is 2.08. The maximum Gasteiger partial charge on any atom is 0.337 e. The molecule has 1 rings (SSSR count). The SMILES string of the molecule is CCCCCCC(=O)NC(NC(=S)Nc1ccccc1C(=O)O)C(Cl)(Cl)Cl. The third-order valence-corrected chi connectivity index (χ3v) is 4.45. The van der Waals surface area contributed by atoms with Crippen LogP contribution in [0.2, 0.25) is 0 Å². The lowest BCUT2D eigenvalue weighted by Gasteiger charge is -2.28. The summed E-state index contributed by atoms with van der Waals surface area (Å²) in [5.41, 5.74) is 0.309. The van der Waals surface area contributed by atoms with Crippen LogP contribution in [0.25, 0.3) is 0 Å². The molecule has 1 atom stereocenters. The molecule has 0 spiro atoms. The fourth-order valence-electron chi connectivity index (χ4n) is 2.21. The first-order chi connectivity index (χ1) is 12.6. The number of hydrogen-bond acceptors (Lipinski definition) is 3. The Labute approximate surface area is 178 Å². The van der Waals surface area contributed by atoms with Crippen LogP contribution in [0.3, 0.4) is 0 Å². The van der Waals surface area contributed by atoms with Crippen LogP contribution in [-0.4, -0.2) is 32.1 Å². The van der Waals surface area contributed by atoms with Gasteiger partial charge < -0.3 is 21.1 Å². The largest absolute Gasteiger partial charge is 0.478 e. The molecule has 0 aromatic heterocycles. The third-order valence-electron chi connectivity index (χ3n) is 3.57. The van der Waals surface area contributed by atoms with Crippen molar-refractivity contribution in [1.82, 2.24) is 10.6 Å². The van der Waals surface area contributed by atoms with Crippen molar-refractivity contribution in [2.45, 2.75) is 49.0 Å². The van der Waals surface area contributed by atoms with Gasteiger partial charge in [-0.1, -0.05) is 73.1 Å². The summed E-state index contributed by atoms with van der Waals surface area (Å²) >= 11 is 22.9. The monoisotopic (exact) mass is 453 g/mol. The number of unbranched alkanes of at least 4 members (excludes halogenated alkanes) is 3. The number of para-hydroxylation sites is 1. The molecule has 0 aliphatic carbocycles. The van der Waals surface area contributed by atoms with E-state index in [0.717, 1.165) is 25.7 Å². The summed E-state index contributed by atoms with van der Waals surface area (Å²) < 4.78 is -1.86. The molecule has 150 valence electrons. The highest BCUT2D eigenvalue weighted by atomic mass is 35.6. The molecule has 6 nitrogen and oxygen atoms in total. The number of carbonyl (C=O) groups excluding carboxylic acids is 1. The predicted molar refractivity (Wildman–Crippen MR) is 114 cm³/mol. The number of nitrogens with one attached hydrogen (secondary N) is 3. The number of thiocarbonyl (C=S) groups is 1. The quantitative estimate of drug-likeness (QED) is 0.191. The van der Waals surface area contributed by atoms with E-state index in [2.05, 4.69) is 22.9 Å². The van der Waals surface area contributed by atoms with Gasteiger partial charge in [0.2, 0.25) is 9.70 Å². The Morgan fingerprint density at radius 2 is 1.81 bits per heavy atom. The van der Waals surface area contributed by atoms with Gasteiger partial charge in [-0.25, -0.2) is 4.79 Å². The Kier molecular flexibility index (Phi) is 10.2. The van der Waals surface area contributed by atoms with Crippen molar-refractivity contribution in [1.29, 1.82) is 0 Å². The minimum Gasteiger partial charge on any atom is -0.478 e. The number of aromatic carboxylic acids is 1. The average Bonchev–Trinajstić information content (AvgIpc) is 2.57. The first-order valence-corrected chi connectivity index (χ1v) is 9.95. The smallest absolute Gasteiger partial charge is 0.337 e. The molecule has 0 aliphatic rings. The Balaban J connectivity index is 2.70. The fraction of sp³-hybridized carbons (Fsp3) is 0.471. The van der Waals surface area contributed by atoms with Crippen LogP contribution in [0.15, 0.2) is 24.3 Å². The number of benzene rings is 1. The lowest BCUT2D eigenvalue weighted by molar-refractivity contribution is -0.122. The summed E-state index contributed by atoms with van der Waals surface area (Å²) in [5.74, 6) is -1.39. The van der Waals surface area contributed by atoms with Crippen molar-refractivity contribution in [3.05, 3.63) is 29.8 Å². The first-order valence-electron chi connectivity index (χ1n) is 8.41. The molecule has 1 aromatic carbocycles. The van der Waals surface area contributed by atoms with Crippen molar-refractivity contribution in [2.24, 2.45) is 0 Å². The molecule has 0 heterocycles. The predicted octanol–water partition coefficient (Wildman–Crippen LogP) is 4.45. The number of carboxylic acid groups (broad SMARTS) is 1. The van der Waals surface area contributed by atoms with Gasteiger partial charge >= 0.3 is 5.97 Å². The Morgan fingerprint density at radius 3 is 2.41 bits per heavy atom. The highest BCUT2D eigenvalue weighted by Crippen LogP contribution is 2.29. The molecule has 0 saturated carbocycles. The van der Waals surface area contributed by atoms with Gasteiger partial charge in [0.05, 0.1) is 11.3 Å². The second-order valence-corrected chi connectivity index (χ2v) is 8.58. The van der Waals surface area contributed by atoms with Crippen molar-refractivity contribution in [2.75, 3.05) is 5.32 Å². The maximum atomic E-state index is 12.1. The molecule has 4 N–H and O–H groups in total. The van der Waals surface area contributed by atoms with Gasteiger partial charge in [0.25, 0.3) is 0 Å². The number of halogens is 3. The Morgan fingerprint density at radius 1 is 1.15 bits per heavy atom. The molecule has 1 amide bonds. The fourth-order valence-corrected chi connectivity index (χ4v) is 2.77. The summed E-state index contributed by atoms with van der Waals surface area (Å²) in [5, 5.41) is 17.3. The lowest BCUT2D eigenvalue weighted by Crippen LogP contribution is -2.56. The lowest BCUT2D eigenvalue weighted by atomic mass is 10.1.